The summed E-state index contributed by atoms with van der Waals surface area (Å²) in [6, 6.07) is 0. The van der Waals surface area contributed by atoms with E-state index in [4.69, 9.17) is 0 Å². The van der Waals surface area contributed by atoms with Crippen LogP contribution in [-0.4, -0.2) is 15.6 Å². The maximum Gasteiger partial charge on any atom is 0.136 e. The van der Waals surface area contributed by atoms with E-state index in [9.17, 15) is 4.79 Å². The highest BCUT2D eigenvalue weighted by molar-refractivity contribution is 5.84. The van der Waals surface area contributed by atoms with Gasteiger partial charge in [-0.25, -0.2) is 0 Å². The summed E-state index contributed by atoms with van der Waals surface area (Å²) in [7, 11) is 1.92. The molecule has 17 heavy (non-hydrogen) atoms. The number of hydrogen-bond acceptors (Lipinski definition) is 2. The number of rotatable bonds is 4. The van der Waals surface area contributed by atoms with Crippen LogP contribution in [0.4, 0.5) is 0 Å². The van der Waals surface area contributed by atoms with Crippen LogP contribution in [0.3, 0.4) is 0 Å². The predicted octanol–water partition coefficient (Wildman–Crippen LogP) is 2.36. The number of hydrogen-bond donors (Lipinski definition) is 0. The maximum absolute atomic E-state index is 12.1. The first kappa shape index (κ1) is 11.0. The van der Waals surface area contributed by atoms with E-state index < -0.39 is 0 Å². The third-order valence-corrected chi connectivity index (χ3v) is 4.45. The largest absolute Gasteiger partial charge is 0.299 e. The molecule has 2 aliphatic carbocycles. The molecule has 1 heterocycles. The lowest BCUT2D eigenvalue weighted by atomic mass is 10.0. The number of fused-ring (bicyclic) bond motifs is 1. The molecule has 0 aliphatic heterocycles. The fourth-order valence-electron chi connectivity index (χ4n) is 3.51. The normalized spacial score (nSPS) is 31.0. The lowest BCUT2D eigenvalue weighted by Crippen LogP contribution is -2.04. The molecule has 0 bridgehead atoms. The van der Waals surface area contributed by atoms with E-state index in [2.05, 4.69) is 5.10 Å². The van der Waals surface area contributed by atoms with Crippen LogP contribution in [-0.2, 0) is 18.3 Å². The number of carbonyl (C=O) groups excluding carboxylic acids is 1. The second-order valence-electron chi connectivity index (χ2n) is 5.63. The van der Waals surface area contributed by atoms with Crippen LogP contribution in [0.2, 0.25) is 0 Å². The third kappa shape index (κ3) is 2.15. The molecule has 3 rings (SSSR count). The van der Waals surface area contributed by atoms with Gasteiger partial charge in [0.25, 0.3) is 0 Å². The summed E-state index contributed by atoms with van der Waals surface area (Å²) in [5.41, 5.74) is 1.18. The topological polar surface area (TPSA) is 34.9 Å². The molecule has 2 saturated carbocycles. The summed E-state index contributed by atoms with van der Waals surface area (Å²) in [6.07, 6.45) is 10.7. The Bertz CT molecular complexity index is 412. The minimum Gasteiger partial charge on any atom is -0.299 e. The molecule has 0 N–H and O–H groups in total. The van der Waals surface area contributed by atoms with Gasteiger partial charge in [0.15, 0.2) is 0 Å². The smallest absolute Gasteiger partial charge is 0.136 e. The highest BCUT2D eigenvalue weighted by atomic mass is 16.1. The van der Waals surface area contributed by atoms with E-state index in [1.807, 2.05) is 19.4 Å². The van der Waals surface area contributed by atoms with Gasteiger partial charge in [-0.2, -0.15) is 5.10 Å². The van der Waals surface area contributed by atoms with Crippen molar-refractivity contribution in [2.24, 2.45) is 24.8 Å². The number of aromatic nitrogens is 2. The Kier molecular flexibility index (Phi) is 2.77. The third-order valence-electron chi connectivity index (χ3n) is 4.45. The van der Waals surface area contributed by atoms with Crippen molar-refractivity contribution >= 4 is 5.78 Å². The zero-order valence-electron chi connectivity index (χ0n) is 10.4. The molecule has 0 radical (unpaired) electrons. The van der Waals surface area contributed by atoms with E-state index in [0.717, 1.165) is 18.3 Å². The Morgan fingerprint density at radius 2 is 2.12 bits per heavy atom. The zero-order valence-corrected chi connectivity index (χ0v) is 10.4. The molecule has 0 spiro atoms. The molecule has 2 fully saturated rings. The molecule has 2 atom stereocenters. The van der Waals surface area contributed by atoms with Crippen molar-refractivity contribution in [1.29, 1.82) is 0 Å². The van der Waals surface area contributed by atoms with Gasteiger partial charge < -0.3 is 0 Å². The average molecular weight is 232 g/mol. The van der Waals surface area contributed by atoms with Crippen molar-refractivity contribution in [2.45, 2.75) is 38.5 Å². The van der Waals surface area contributed by atoms with Crippen molar-refractivity contribution in [3.8, 4) is 0 Å². The van der Waals surface area contributed by atoms with E-state index in [0.29, 0.717) is 18.1 Å². The van der Waals surface area contributed by atoms with Gasteiger partial charge in [0.1, 0.15) is 5.78 Å². The quantitative estimate of drug-likeness (QED) is 0.798. The molecule has 3 nitrogen and oxygen atoms in total. The Labute approximate surface area is 102 Å². The van der Waals surface area contributed by atoms with Crippen molar-refractivity contribution < 1.29 is 4.79 Å². The summed E-state index contributed by atoms with van der Waals surface area (Å²) >= 11 is 0. The van der Waals surface area contributed by atoms with Crippen LogP contribution in [0.1, 0.15) is 37.7 Å². The fraction of sp³-hybridized carbons (Fsp3) is 0.714. The van der Waals surface area contributed by atoms with Gasteiger partial charge in [-0.05, 0) is 36.7 Å². The van der Waals surface area contributed by atoms with Gasteiger partial charge >= 0.3 is 0 Å². The first-order valence-corrected chi connectivity index (χ1v) is 6.76. The molecular formula is C14H20N2O. The Morgan fingerprint density at radius 1 is 1.41 bits per heavy atom. The van der Waals surface area contributed by atoms with Gasteiger partial charge in [0, 0.05) is 25.6 Å². The molecule has 0 amide bonds. The zero-order chi connectivity index (χ0) is 11.8. The second-order valence-corrected chi connectivity index (χ2v) is 5.63. The number of aryl methyl sites for hydroxylation is 2. The van der Waals surface area contributed by atoms with Gasteiger partial charge in [0.05, 0.1) is 6.20 Å². The molecule has 2 aliphatic rings. The number of ketones is 1. The van der Waals surface area contributed by atoms with Crippen LogP contribution in [0.15, 0.2) is 12.4 Å². The van der Waals surface area contributed by atoms with Gasteiger partial charge in [-0.15, -0.1) is 0 Å². The lowest BCUT2D eigenvalue weighted by Gasteiger charge is -2.04. The van der Waals surface area contributed by atoms with Gasteiger partial charge in [-0.3, -0.25) is 9.48 Å². The molecular weight excluding hydrogens is 212 g/mol. The Balaban J connectivity index is 1.51. The number of Topliss-reactive ketones (excluding diaryl/α,β-unsaturated/α-hetero) is 1. The first-order valence-electron chi connectivity index (χ1n) is 6.76. The highest BCUT2D eigenvalue weighted by Gasteiger charge is 2.53. The Morgan fingerprint density at radius 3 is 2.71 bits per heavy atom. The second kappa shape index (κ2) is 4.28. The monoisotopic (exact) mass is 232 g/mol. The van der Waals surface area contributed by atoms with Crippen LogP contribution in [0, 0.1) is 17.8 Å². The minimum atomic E-state index is 0.425. The SMILES string of the molecule is Cn1cc(CCC(=O)C2C3CCCCC32)cn1. The minimum absolute atomic E-state index is 0.425. The van der Waals surface area contributed by atoms with Crippen molar-refractivity contribution in [1.82, 2.24) is 9.78 Å². The highest BCUT2D eigenvalue weighted by Crippen LogP contribution is 2.56. The van der Waals surface area contributed by atoms with E-state index in [-0.39, 0.29) is 0 Å². The molecule has 0 aromatic carbocycles. The standard InChI is InChI=1S/C14H20N2O/c1-16-9-10(8-15-16)6-7-13(17)14-11-4-2-3-5-12(11)14/h8-9,11-12,14H,2-7H2,1H3. The molecule has 0 saturated heterocycles. The van der Waals surface area contributed by atoms with Gasteiger partial charge in [-0.1, -0.05) is 12.8 Å². The molecule has 3 heteroatoms. The number of carbonyl (C=O) groups is 1. The van der Waals surface area contributed by atoms with Gasteiger partial charge in [0.2, 0.25) is 0 Å². The number of nitrogens with zero attached hydrogens (tertiary/aromatic N) is 2. The van der Waals surface area contributed by atoms with Crippen molar-refractivity contribution in [2.75, 3.05) is 0 Å². The van der Waals surface area contributed by atoms with E-state index in [1.54, 1.807) is 4.68 Å². The molecule has 2 unspecified atom stereocenters. The first-order chi connectivity index (χ1) is 8.25. The summed E-state index contributed by atoms with van der Waals surface area (Å²) in [6.45, 7) is 0. The lowest BCUT2D eigenvalue weighted by molar-refractivity contribution is -0.120. The van der Waals surface area contributed by atoms with Crippen molar-refractivity contribution in [3.05, 3.63) is 18.0 Å². The van der Waals surface area contributed by atoms with E-state index >= 15 is 0 Å². The van der Waals surface area contributed by atoms with Crippen LogP contribution < -0.4 is 0 Å². The molecule has 92 valence electrons. The van der Waals surface area contributed by atoms with Crippen molar-refractivity contribution in [3.63, 3.8) is 0 Å². The van der Waals surface area contributed by atoms with Crippen LogP contribution in [0.25, 0.3) is 0 Å². The summed E-state index contributed by atoms with van der Waals surface area (Å²) < 4.78 is 1.80. The summed E-state index contributed by atoms with van der Waals surface area (Å²) in [4.78, 5) is 12.1. The molecule has 1 aromatic heterocycles. The molecule has 1 aromatic rings. The maximum atomic E-state index is 12.1. The fourth-order valence-corrected chi connectivity index (χ4v) is 3.51. The van der Waals surface area contributed by atoms with Crippen LogP contribution >= 0.6 is 0 Å². The Hall–Kier alpha value is -1.12. The van der Waals surface area contributed by atoms with Crippen LogP contribution in [0.5, 0.6) is 0 Å². The summed E-state index contributed by atoms with van der Waals surface area (Å²) in [5, 5.41) is 4.13. The summed E-state index contributed by atoms with van der Waals surface area (Å²) in [5.74, 6) is 2.44. The predicted molar refractivity (Wildman–Crippen MR) is 65.5 cm³/mol. The van der Waals surface area contributed by atoms with E-state index in [1.165, 1.54) is 31.2 Å². The average Bonchev–Trinajstić information content (AvgIpc) is 2.93.